The largest absolute Gasteiger partial charge is 0.368 e. The Hall–Kier alpha value is -0.520. The summed E-state index contributed by atoms with van der Waals surface area (Å²) in [5, 5.41) is 3.08. The number of likely N-dealkylation sites (N-methyl/N-ethyl adjacent to an activating group) is 1. The highest BCUT2D eigenvalue weighted by molar-refractivity contribution is 9.10. The fourth-order valence-electron chi connectivity index (χ4n) is 1.44. The lowest BCUT2D eigenvalue weighted by Gasteiger charge is -2.13. The van der Waals surface area contributed by atoms with Crippen molar-refractivity contribution in [1.29, 1.82) is 0 Å². The van der Waals surface area contributed by atoms with Gasteiger partial charge < -0.3 is 11.1 Å². The van der Waals surface area contributed by atoms with Gasteiger partial charge in [0.05, 0.1) is 6.04 Å². The first-order valence-corrected chi connectivity index (χ1v) is 7.32. The van der Waals surface area contributed by atoms with Gasteiger partial charge in [-0.05, 0) is 36.9 Å². The fourth-order valence-corrected chi connectivity index (χ4v) is 2.97. The molecular weight excluding hydrogens is 300 g/mol. The van der Waals surface area contributed by atoms with Crippen molar-refractivity contribution in [2.24, 2.45) is 5.73 Å². The predicted molar refractivity (Wildman–Crippen MR) is 76.1 cm³/mol. The van der Waals surface area contributed by atoms with Gasteiger partial charge in [0.1, 0.15) is 0 Å². The molecule has 0 spiro atoms. The Morgan fingerprint density at radius 2 is 2.35 bits per heavy atom. The van der Waals surface area contributed by atoms with Gasteiger partial charge in [-0.15, -0.1) is 11.8 Å². The van der Waals surface area contributed by atoms with Gasteiger partial charge in [-0.2, -0.15) is 0 Å². The van der Waals surface area contributed by atoms with Crippen LogP contribution in [0, 0.1) is 0 Å². The molecule has 3 N–H and O–H groups in total. The Bertz CT molecular complexity index is 373. The molecule has 0 heterocycles. The quantitative estimate of drug-likeness (QED) is 0.759. The lowest BCUT2D eigenvalue weighted by molar-refractivity contribution is -0.120. The maximum atomic E-state index is 11.1. The van der Waals surface area contributed by atoms with E-state index in [-0.39, 0.29) is 11.9 Å². The molecule has 1 atom stereocenters. The third-order valence-electron chi connectivity index (χ3n) is 2.27. The molecule has 5 heteroatoms. The number of carbonyl (C=O) groups is 1. The van der Waals surface area contributed by atoms with Crippen molar-refractivity contribution < 1.29 is 4.79 Å². The number of nitrogens with one attached hydrogen (secondary N) is 1. The number of primary amides is 1. The molecule has 0 fully saturated rings. The average Bonchev–Trinajstić information content (AvgIpc) is 2.28. The molecule has 0 saturated heterocycles. The second-order valence-corrected chi connectivity index (χ2v) is 5.69. The van der Waals surface area contributed by atoms with Crippen LogP contribution in [-0.4, -0.2) is 24.2 Å². The Morgan fingerprint density at radius 1 is 1.59 bits per heavy atom. The fraction of sp³-hybridized carbons (Fsp3) is 0.417. The molecule has 1 unspecified atom stereocenters. The summed E-state index contributed by atoms with van der Waals surface area (Å²) in [6.45, 7) is 2.73. The lowest BCUT2D eigenvalue weighted by atomic mass is 10.2. The van der Waals surface area contributed by atoms with Crippen LogP contribution in [0.3, 0.4) is 0 Å². The molecule has 0 saturated carbocycles. The Labute approximate surface area is 115 Å². The van der Waals surface area contributed by atoms with Gasteiger partial charge in [-0.25, -0.2) is 0 Å². The minimum Gasteiger partial charge on any atom is -0.368 e. The molecule has 94 valence electrons. The number of halogens is 1. The Balaban J connectivity index is 2.38. The standard InChI is InChI=1S/C12H17BrN2OS/c1-2-15-11(12(14)16)6-7-17-10-5-3-4-9(13)8-10/h3-5,8,11,15H,2,6-7H2,1H3,(H2,14,16). The van der Waals surface area contributed by atoms with Crippen LogP contribution in [0.15, 0.2) is 33.6 Å². The number of hydrogen-bond donors (Lipinski definition) is 2. The molecule has 1 aromatic carbocycles. The van der Waals surface area contributed by atoms with Crippen LogP contribution in [0.5, 0.6) is 0 Å². The number of thioether (sulfide) groups is 1. The van der Waals surface area contributed by atoms with E-state index in [0.29, 0.717) is 0 Å². The molecular formula is C12H17BrN2OS. The smallest absolute Gasteiger partial charge is 0.234 e. The van der Waals surface area contributed by atoms with Crippen LogP contribution < -0.4 is 11.1 Å². The Kier molecular flexibility index (Phi) is 6.62. The third-order valence-corrected chi connectivity index (χ3v) is 3.79. The first kappa shape index (κ1) is 14.5. The summed E-state index contributed by atoms with van der Waals surface area (Å²) in [4.78, 5) is 12.3. The van der Waals surface area contributed by atoms with E-state index in [0.717, 1.165) is 23.2 Å². The molecule has 0 aliphatic rings. The SMILES string of the molecule is CCNC(CCSc1cccc(Br)c1)C(N)=O. The van der Waals surface area contributed by atoms with E-state index in [4.69, 9.17) is 5.73 Å². The zero-order valence-electron chi connectivity index (χ0n) is 9.78. The molecule has 0 aromatic heterocycles. The van der Waals surface area contributed by atoms with Gasteiger partial charge in [0.2, 0.25) is 5.91 Å². The number of carbonyl (C=O) groups excluding carboxylic acids is 1. The van der Waals surface area contributed by atoms with Crippen molar-refractivity contribution in [3.63, 3.8) is 0 Å². The van der Waals surface area contributed by atoms with Crippen molar-refractivity contribution in [2.45, 2.75) is 24.3 Å². The molecule has 0 aliphatic heterocycles. The normalized spacial score (nSPS) is 12.4. The number of rotatable bonds is 7. The second-order valence-electron chi connectivity index (χ2n) is 3.61. The van der Waals surface area contributed by atoms with Crippen LogP contribution in [-0.2, 0) is 4.79 Å². The number of nitrogens with two attached hydrogens (primary N) is 1. The zero-order valence-corrected chi connectivity index (χ0v) is 12.2. The van der Waals surface area contributed by atoms with Crippen molar-refractivity contribution in [2.75, 3.05) is 12.3 Å². The molecule has 1 aromatic rings. The second kappa shape index (κ2) is 7.74. The van der Waals surface area contributed by atoms with Crippen LogP contribution >= 0.6 is 27.7 Å². The van der Waals surface area contributed by atoms with Crippen LogP contribution in [0.2, 0.25) is 0 Å². The molecule has 1 amide bonds. The van der Waals surface area contributed by atoms with Gasteiger partial charge in [0, 0.05) is 9.37 Å². The highest BCUT2D eigenvalue weighted by Crippen LogP contribution is 2.22. The van der Waals surface area contributed by atoms with E-state index >= 15 is 0 Å². The van der Waals surface area contributed by atoms with E-state index < -0.39 is 0 Å². The zero-order chi connectivity index (χ0) is 12.7. The van der Waals surface area contributed by atoms with Gasteiger partial charge in [0.25, 0.3) is 0 Å². The maximum Gasteiger partial charge on any atom is 0.234 e. The van der Waals surface area contributed by atoms with Crippen molar-refractivity contribution in [1.82, 2.24) is 5.32 Å². The van der Waals surface area contributed by atoms with Gasteiger partial charge in [-0.3, -0.25) is 4.79 Å². The van der Waals surface area contributed by atoms with Gasteiger partial charge in [-0.1, -0.05) is 28.9 Å². The summed E-state index contributed by atoms with van der Waals surface area (Å²) in [7, 11) is 0. The maximum absolute atomic E-state index is 11.1. The summed E-state index contributed by atoms with van der Waals surface area (Å²) in [6, 6.07) is 7.90. The first-order chi connectivity index (χ1) is 8.13. The summed E-state index contributed by atoms with van der Waals surface area (Å²) in [5.74, 6) is 0.596. The summed E-state index contributed by atoms with van der Waals surface area (Å²) >= 11 is 5.16. The van der Waals surface area contributed by atoms with Crippen LogP contribution in [0.1, 0.15) is 13.3 Å². The van der Waals surface area contributed by atoms with E-state index in [1.807, 2.05) is 19.1 Å². The van der Waals surface area contributed by atoms with Gasteiger partial charge >= 0.3 is 0 Å². The number of benzene rings is 1. The van der Waals surface area contributed by atoms with E-state index in [1.54, 1.807) is 11.8 Å². The number of amides is 1. The van der Waals surface area contributed by atoms with Gasteiger partial charge in [0.15, 0.2) is 0 Å². The van der Waals surface area contributed by atoms with Crippen molar-refractivity contribution >= 4 is 33.6 Å². The van der Waals surface area contributed by atoms with Crippen LogP contribution in [0.25, 0.3) is 0 Å². The van der Waals surface area contributed by atoms with Crippen molar-refractivity contribution in [3.05, 3.63) is 28.7 Å². The highest BCUT2D eigenvalue weighted by atomic mass is 79.9. The third kappa shape index (κ3) is 5.57. The monoisotopic (exact) mass is 316 g/mol. The molecule has 17 heavy (non-hydrogen) atoms. The minimum absolute atomic E-state index is 0.223. The molecule has 0 bridgehead atoms. The summed E-state index contributed by atoms with van der Waals surface area (Å²) < 4.78 is 1.07. The molecule has 0 aliphatic carbocycles. The van der Waals surface area contributed by atoms with E-state index in [2.05, 4.69) is 33.4 Å². The van der Waals surface area contributed by atoms with Crippen LogP contribution in [0.4, 0.5) is 0 Å². The summed E-state index contributed by atoms with van der Waals surface area (Å²) in [6.07, 6.45) is 0.750. The lowest BCUT2D eigenvalue weighted by Crippen LogP contribution is -2.41. The first-order valence-electron chi connectivity index (χ1n) is 5.54. The predicted octanol–water partition coefficient (Wildman–Crippen LogP) is 2.39. The molecule has 1 rings (SSSR count). The summed E-state index contributed by atoms with van der Waals surface area (Å²) in [5.41, 5.74) is 5.31. The average molecular weight is 317 g/mol. The minimum atomic E-state index is -0.276. The van der Waals surface area contributed by atoms with E-state index in [1.165, 1.54) is 4.90 Å². The topological polar surface area (TPSA) is 55.1 Å². The molecule has 3 nitrogen and oxygen atoms in total. The number of hydrogen-bond acceptors (Lipinski definition) is 3. The molecule has 0 radical (unpaired) electrons. The highest BCUT2D eigenvalue weighted by Gasteiger charge is 2.12. The van der Waals surface area contributed by atoms with E-state index in [9.17, 15) is 4.79 Å². The Morgan fingerprint density at radius 3 is 2.94 bits per heavy atom. The van der Waals surface area contributed by atoms with Crippen molar-refractivity contribution in [3.8, 4) is 0 Å².